The Morgan fingerprint density at radius 1 is 1.07 bits per heavy atom. The molecule has 0 aromatic heterocycles. The molecule has 82 valence electrons. The summed E-state index contributed by atoms with van der Waals surface area (Å²) in [5, 5.41) is 3.62. The van der Waals surface area contributed by atoms with Gasteiger partial charge in [-0.3, -0.25) is 0 Å². The minimum atomic E-state index is 0.707. The second-order valence-corrected chi connectivity index (χ2v) is 5.09. The van der Waals surface area contributed by atoms with Gasteiger partial charge in [0.15, 0.2) is 0 Å². The van der Waals surface area contributed by atoms with Crippen molar-refractivity contribution in [2.45, 2.75) is 43.0 Å². The number of hydrogen-bond acceptors (Lipinski definition) is 2. The van der Waals surface area contributed by atoms with Crippen molar-refractivity contribution >= 4 is 17.4 Å². The fourth-order valence-electron chi connectivity index (χ4n) is 2.17. The summed E-state index contributed by atoms with van der Waals surface area (Å²) in [4.78, 5) is 1.34. The van der Waals surface area contributed by atoms with Gasteiger partial charge in [0, 0.05) is 16.6 Å². The van der Waals surface area contributed by atoms with Crippen molar-refractivity contribution in [3.05, 3.63) is 24.3 Å². The highest BCUT2D eigenvalue weighted by Crippen LogP contribution is 2.23. The van der Waals surface area contributed by atoms with E-state index in [0.29, 0.717) is 6.04 Å². The van der Waals surface area contributed by atoms with Gasteiger partial charge in [0.25, 0.3) is 0 Å². The van der Waals surface area contributed by atoms with Crippen LogP contribution in [0.3, 0.4) is 0 Å². The Balaban J connectivity index is 1.91. The Morgan fingerprint density at radius 2 is 1.73 bits per heavy atom. The molecule has 15 heavy (non-hydrogen) atoms. The highest BCUT2D eigenvalue weighted by Gasteiger charge is 2.12. The Kier molecular flexibility index (Phi) is 3.95. The van der Waals surface area contributed by atoms with Crippen molar-refractivity contribution < 1.29 is 0 Å². The normalized spacial score (nSPS) is 17.7. The third-order valence-corrected chi connectivity index (χ3v) is 3.81. The van der Waals surface area contributed by atoms with Gasteiger partial charge in [-0.15, -0.1) is 11.8 Å². The van der Waals surface area contributed by atoms with Gasteiger partial charge < -0.3 is 5.32 Å². The maximum Gasteiger partial charge on any atom is 0.0343 e. The number of anilines is 1. The van der Waals surface area contributed by atoms with Crippen LogP contribution in [0.2, 0.25) is 0 Å². The zero-order valence-electron chi connectivity index (χ0n) is 9.33. The molecule has 1 saturated carbocycles. The maximum atomic E-state index is 3.62. The molecular formula is C13H19NS. The number of rotatable bonds is 3. The largest absolute Gasteiger partial charge is 0.382 e. The summed E-state index contributed by atoms with van der Waals surface area (Å²) >= 11 is 1.80. The molecule has 0 spiro atoms. The van der Waals surface area contributed by atoms with E-state index in [9.17, 15) is 0 Å². The van der Waals surface area contributed by atoms with Crippen LogP contribution < -0.4 is 5.32 Å². The number of thioether (sulfide) groups is 1. The third kappa shape index (κ3) is 3.16. The standard InChI is InChI=1S/C13H19NS/c1-15-13-9-7-12(8-10-13)14-11-5-3-2-4-6-11/h7-11,14H,2-6H2,1H3. The van der Waals surface area contributed by atoms with E-state index in [-0.39, 0.29) is 0 Å². The van der Waals surface area contributed by atoms with Crippen LogP contribution in [0.15, 0.2) is 29.2 Å². The van der Waals surface area contributed by atoms with E-state index < -0.39 is 0 Å². The average molecular weight is 221 g/mol. The predicted octanol–water partition coefficient (Wildman–Crippen LogP) is 4.15. The van der Waals surface area contributed by atoms with Gasteiger partial charge in [-0.2, -0.15) is 0 Å². The molecular weight excluding hydrogens is 202 g/mol. The zero-order valence-corrected chi connectivity index (χ0v) is 10.1. The average Bonchev–Trinajstić information content (AvgIpc) is 2.31. The van der Waals surface area contributed by atoms with E-state index in [2.05, 4.69) is 35.8 Å². The molecule has 1 N–H and O–H groups in total. The molecule has 2 heteroatoms. The van der Waals surface area contributed by atoms with Gasteiger partial charge in [-0.1, -0.05) is 19.3 Å². The molecule has 0 amide bonds. The first-order chi connectivity index (χ1) is 7.38. The smallest absolute Gasteiger partial charge is 0.0343 e. The lowest BCUT2D eigenvalue weighted by atomic mass is 9.95. The lowest BCUT2D eigenvalue weighted by Crippen LogP contribution is -2.22. The summed E-state index contributed by atoms with van der Waals surface area (Å²) in [7, 11) is 0. The number of nitrogens with one attached hydrogen (secondary N) is 1. The van der Waals surface area contributed by atoms with Crippen LogP contribution in [-0.2, 0) is 0 Å². The lowest BCUT2D eigenvalue weighted by molar-refractivity contribution is 0.463. The van der Waals surface area contributed by atoms with Crippen molar-refractivity contribution in [1.82, 2.24) is 0 Å². The quantitative estimate of drug-likeness (QED) is 0.769. The molecule has 1 fully saturated rings. The first-order valence-electron chi connectivity index (χ1n) is 5.79. The Morgan fingerprint density at radius 3 is 2.33 bits per heavy atom. The summed E-state index contributed by atoms with van der Waals surface area (Å²) in [5.74, 6) is 0. The van der Waals surface area contributed by atoms with Crippen LogP contribution in [0.1, 0.15) is 32.1 Å². The van der Waals surface area contributed by atoms with Gasteiger partial charge >= 0.3 is 0 Å². The van der Waals surface area contributed by atoms with Crippen molar-refractivity contribution in [1.29, 1.82) is 0 Å². The molecule has 0 unspecified atom stereocenters. The van der Waals surface area contributed by atoms with Crippen molar-refractivity contribution in [3.8, 4) is 0 Å². The van der Waals surface area contributed by atoms with Gasteiger partial charge in [0.2, 0.25) is 0 Å². The minimum Gasteiger partial charge on any atom is -0.382 e. The molecule has 0 aliphatic heterocycles. The van der Waals surface area contributed by atoms with Crippen LogP contribution in [-0.4, -0.2) is 12.3 Å². The highest BCUT2D eigenvalue weighted by molar-refractivity contribution is 7.98. The molecule has 1 aliphatic carbocycles. The fourth-order valence-corrected chi connectivity index (χ4v) is 2.58. The Bertz CT molecular complexity index is 288. The van der Waals surface area contributed by atoms with Gasteiger partial charge in [-0.05, 0) is 43.4 Å². The van der Waals surface area contributed by atoms with E-state index in [1.165, 1.54) is 42.7 Å². The second kappa shape index (κ2) is 5.45. The van der Waals surface area contributed by atoms with Crippen LogP contribution in [0.5, 0.6) is 0 Å². The van der Waals surface area contributed by atoms with Crippen LogP contribution in [0.25, 0.3) is 0 Å². The van der Waals surface area contributed by atoms with Gasteiger partial charge in [0.1, 0.15) is 0 Å². The third-order valence-electron chi connectivity index (χ3n) is 3.07. The van der Waals surface area contributed by atoms with Crippen LogP contribution in [0.4, 0.5) is 5.69 Å². The molecule has 0 bridgehead atoms. The van der Waals surface area contributed by atoms with E-state index in [0.717, 1.165) is 0 Å². The number of hydrogen-bond donors (Lipinski definition) is 1. The van der Waals surface area contributed by atoms with Gasteiger partial charge in [-0.25, -0.2) is 0 Å². The summed E-state index contributed by atoms with van der Waals surface area (Å²) in [6, 6.07) is 9.48. The van der Waals surface area contributed by atoms with Crippen LogP contribution >= 0.6 is 11.8 Å². The fraction of sp³-hybridized carbons (Fsp3) is 0.538. The van der Waals surface area contributed by atoms with E-state index in [4.69, 9.17) is 0 Å². The van der Waals surface area contributed by atoms with Crippen molar-refractivity contribution in [3.63, 3.8) is 0 Å². The molecule has 0 heterocycles. The van der Waals surface area contributed by atoms with E-state index in [1.54, 1.807) is 11.8 Å². The first-order valence-corrected chi connectivity index (χ1v) is 7.01. The summed E-state index contributed by atoms with van der Waals surface area (Å²) in [6.07, 6.45) is 8.99. The predicted molar refractivity (Wildman–Crippen MR) is 68.7 cm³/mol. The molecule has 0 saturated heterocycles. The van der Waals surface area contributed by atoms with Crippen molar-refractivity contribution in [2.75, 3.05) is 11.6 Å². The summed E-state index contributed by atoms with van der Waals surface area (Å²) in [6.45, 7) is 0. The summed E-state index contributed by atoms with van der Waals surface area (Å²) < 4.78 is 0. The molecule has 1 aliphatic rings. The van der Waals surface area contributed by atoms with Gasteiger partial charge in [0.05, 0.1) is 0 Å². The lowest BCUT2D eigenvalue weighted by Gasteiger charge is -2.23. The maximum absolute atomic E-state index is 3.62. The minimum absolute atomic E-state index is 0.707. The summed E-state index contributed by atoms with van der Waals surface area (Å²) in [5.41, 5.74) is 1.28. The molecule has 1 aromatic carbocycles. The highest BCUT2D eigenvalue weighted by atomic mass is 32.2. The van der Waals surface area contributed by atoms with E-state index in [1.807, 2.05) is 0 Å². The second-order valence-electron chi connectivity index (χ2n) is 4.21. The topological polar surface area (TPSA) is 12.0 Å². The SMILES string of the molecule is CSc1ccc(NC2CCCCC2)cc1. The van der Waals surface area contributed by atoms with Crippen LogP contribution in [0, 0.1) is 0 Å². The first kappa shape index (κ1) is 10.9. The Hall–Kier alpha value is -0.630. The molecule has 0 atom stereocenters. The van der Waals surface area contributed by atoms with Crippen molar-refractivity contribution in [2.24, 2.45) is 0 Å². The molecule has 0 radical (unpaired) electrons. The zero-order chi connectivity index (χ0) is 10.5. The van der Waals surface area contributed by atoms with E-state index >= 15 is 0 Å². The Labute approximate surface area is 96.7 Å². The molecule has 1 aromatic rings. The molecule has 2 rings (SSSR count). The number of benzene rings is 1. The monoisotopic (exact) mass is 221 g/mol. The molecule has 1 nitrogen and oxygen atoms in total.